The normalized spacial score (nSPS) is 10.2. The number of rotatable bonds is 1. The molecule has 0 fully saturated rings. The van der Waals surface area contributed by atoms with Crippen molar-refractivity contribution in [3.63, 3.8) is 0 Å². The van der Waals surface area contributed by atoms with E-state index in [1.165, 1.54) is 11.0 Å². The summed E-state index contributed by atoms with van der Waals surface area (Å²) in [5.74, 6) is 0. The minimum atomic E-state index is 1.34. The molecule has 1 heteroatoms. The summed E-state index contributed by atoms with van der Waals surface area (Å²) in [4.78, 5) is 0. The Kier molecular flexibility index (Phi) is 3.50. The third-order valence-corrected chi connectivity index (χ3v) is 0.972. The SMILES string of the molecule is CB=C(C)C=C(C)C. The number of hydrogen-bond donors (Lipinski definition) is 0. The molecule has 0 spiro atoms. The molecule has 44 valence electrons. The summed E-state index contributed by atoms with van der Waals surface area (Å²) in [6.07, 6.45) is 2.17. The topological polar surface area (TPSA) is 0 Å². The summed E-state index contributed by atoms with van der Waals surface area (Å²) in [6.45, 7) is 10.5. The van der Waals surface area contributed by atoms with Crippen molar-refractivity contribution in [2.75, 3.05) is 0 Å². The van der Waals surface area contributed by atoms with Crippen molar-refractivity contribution >= 4 is 12.4 Å². The van der Waals surface area contributed by atoms with Crippen molar-refractivity contribution in [2.45, 2.75) is 27.6 Å². The van der Waals surface area contributed by atoms with Crippen LogP contribution in [0.15, 0.2) is 11.6 Å². The molecule has 8 heavy (non-hydrogen) atoms. The molecule has 0 atom stereocenters. The van der Waals surface area contributed by atoms with Gasteiger partial charge in [0, 0.05) is 0 Å². The van der Waals surface area contributed by atoms with Gasteiger partial charge >= 0.3 is 51.6 Å². The van der Waals surface area contributed by atoms with Crippen molar-refractivity contribution in [1.29, 1.82) is 0 Å². The van der Waals surface area contributed by atoms with Crippen LogP contribution in [0.4, 0.5) is 0 Å². The van der Waals surface area contributed by atoms with Gasteiger partial charge in [-0.2, -0.15) is 0 Å². The maximum absolute atomic E-state index is 2.17. The first-order valence-electron chi connectivity index (χ1n) is 2.94. The van der Waals surface area contributed by atoms with Gasteiger partial charge in [0.15, 0.2) is 0 Å². The van der Waals surface area contributed by atoms with Gasteiger partial charge in [0.25, 0.3) is 0 Å². The zero-order chi connectivity index (χ0) is 6.57. The molecule has 0 aromatic rings. The van der Waals surface area contributed by atoms with Crippen LogP contribution in [0.5, 0.6) is 0 Å². The van der Waals surface area contributed by atoms with E-state index in [0.717, 1.165) is 0 Å². The van der Waals surface area contributed by atoms with E-state index >= 15 is 0 Å². The van der Waals surface area contributed by atoms with Crippen LogP contribution in [0.1, 0.15) is 20.8 Å². The van der Waals surface area contributed by atoms with Crippen LogP contribution in [-0.4, -0.2) is 12.4 Å². The Bertz CT molecular complexity index is 116. The molecular weight excluding hydrogens is 94.9 g/mol. The second kappa shape index (κ2) is 3.65. The van der Waals surface area contributed by atoms with E-state index in [9.17, 15) is 0 Å². The molecule has 0 unspecified atom stereocenters. The molecule has 0 aliphatic carbocycles. The molecule has 0 rings (SSSR count). The van der Waals surface area contributed by atoms with Gasteiger partial charge in [-0.3, -0.25) is 0 Å². The predicted molar refractivity (Wildman–Crippen MR) is 41.7 cm³/mol. The van der Waals surface area contributed by atoms with Crippen molar-refractivity contribution < 1.29 is 0 Å². The average molecular weight is 108 g/mol. The zero-order valence-corrected chi connectivity index (χ0v) is 6.15. The molecule has 0 aromatic carbocycles. The Balaban J connectivity index is 3.89. The van der Waals surface area contributed by atoms with Crippen LogP contribution in [0.25, 0.3) is 0 Å². The Labute approximate surface area is 52.5 Å². The minimum absolute atomic E-state index is 1.34. The van der Waals surface area contributed by atoms with E-state index in [1.54, 1.807) is 0 Å². The van der Waals surface area contributed by atoms with Crippen LogP contribution in [0.2, 0.25) is 6.82 Å². The monoisotopic (exact) mass is 108 g/mol. The second-order valence-corrected chi connectivity index (χ2v) is 2.25. The molecule has 0 N–H and O–H groups in total. The standard InChI is InChI=1S/C7H13B/c1-6(2)5-7(3)8-4/h5H,1-4H3. The molecule has 0 nitrogen and oxygen atoms in total. The summed E-state index contributed by atoms with van der Waals surface area (Å²) < 4.78 is 0. The Morgan fingerprint density at radius 3 is 1.88 bits per heavy atom. The fourth-order valence-corrected chi connectivity index (χ4v) is 0.539. The Morgan fingerprint density at radius 1 is 1.25 bits per heavy atom. The summed E-state index contributed by atoms with van der Waals surface area (Å²) in [5.41, 5.74) is 2.70. The van der Waals surface area contributed by atoms with Crippen LogP contribution < -0.4 is 0 Å². The van der Waals surface area contributed by atoms with Gasteiger partial charge in [-0.15, -0.1) is 0 Å². The molecular formula is C7H13B. The summed E-state index contributed by atoms with van der Waals surface area (Å²) in [6, 6.07) is 0. The van der Waals surface area contributed by atoms with Gasteiger partial charge in [-0.05, 0) is 0 Å². The Morgan fingerprint density at radius 2 is 1.75 bits per heavy atom. The van der Waals surface area contributed by atoms with E-state index in [2.05, 4.69) is 40.6 Å². The fraction of sp³-hybridized carbons (Fsp3) is 0.571. The van der Waals surface area contributed by atoms with Crippen molar-refractivity contribution in [3.8, 4) is 0 Å². The molecule has 0 saturated heterocycles. The quantitative estimate of drug-likeness (QED) is 0.450. The number of hydrogen-bond acceptors (Lipinski definition) is 0. The van der Waals surface area contributed by atoms with Crippen LogP contribution in [-0.2, 0) is 0 Å². The predicted octanol–water partition coefficient (Wildman–Crippen LogP) is 1.90. The maximum atomic E-state index is 2.17. The molecule has 0 amide bonds. The third-order valence-electron chi connectivity index (χ3n) is 0.972. The van der Waals surface area contributed by atoms with Crippen LogP contribution >= 0.6 is 0 Å². The van der Waals surface area contributed by atoms with Gasteiger partial charge in [0.2, 0.25) is 0 Å². The second-order valence-electron chi connectivity index (χ2n) is 2.25. The zero-order valence-electron chi connectivity index (χ0n) is 6.15. The Hall–Kier alpha value is -0.325. The van der Waals surface area contributed by atoms with E-state index < -0.39 is 0 Å². The molecule has 0 aliphatic rings. The first-order valence-corrected chi connectivity index (χ1v) is 2.94. The van der Waals surface area contributed by atoms with Gasteiger partial charge in [0.1, 0.15) is 0 Å². The van der Waals surface area contributed by atoms with E-state index in [0.29, 0.717) is 0 Å². The van der Waals surface area contributed by atoms with Gasteiger partial charge < -0.3 is 0 Å². The molecule has 0 saturated carbocycles. The van der Waals surface area contributed by atoms with Crippen LogP contribution in [0, 0.1) is 0 Å². The third kappa shape index (κ3) is 3.85. The van der Waals surface area contributed by atoms with E-state index in [1.807, 2.05) is 0 Å². The van der Waals surface area contributed by atoms with E-state index in [-0.39, 0.29) is 0 Å². The van der Waals surface area contributed by atoms with Gasteiger partial charge in [0.05, 0.1) is 0 Å². The molecule has 0 heterocycles. The average Bonchev–Trinajstić information content (AvgIpc) is 1.65. The molecule has 0 aromatic heterocycles. The van der Waals surface area contributed by atoms with E-state index in [4.69, 9.17) is 0 Å². The van der Waals surface area contributed by atoms with Gasteiger partial charge in [-0.1, -0.05) is 0 Å². The molecule has 0 bridgehead atoms. The van der Waals surface area contributed by atoms with Crippen molar-refractivity contribution in [1.82, 2.24) is 0 Å². The summed E-state index contributed by atoms with van der Waals surface area (Å²) in [7, 11) is 0. The fourth-order valence-electron chi connectivity index (χ4n) is 0.539. The summed E-state index contributed by atoms with van der Waals surface area (Å²) >= 11 is 0. The first kappa shape index (κ1) is 7.67. The van der Waals surface area contributed by atoms with Crippen molar-refractivity contribution in [2.24, 2.45) is 0 Å². The van der Waals surface area contributed by atoms with Crippen LogP contribution in [0.3, 0.4) is 0 Å². The first-order chi connectivity index (χ1) is 3.66. The van der Waals surface area contributed by atoms with Crippen molar-refractivity contribution in [3.05, 3.63) is 11.6 Å². The summed E-state index contributed by atoms with van der Waals surface area (Å²) in [5, 5.41) is 0. The molecule has 0 radical (unpaired) electrons. The van der Waals surface area contributed by atoms with Gasteiger partial charge in [-0.25, -0.2) is 0 Å². The molecule has 0 aliphatic heterocycles. The number of allylic oxidation sites excluding steroid dienone is 2.